The summed E-state index contributed by atoms with van der Waals surface area (Å²) in [6.45, 7) is 4.77. The van der Waals surface area contributed by atoms with Gasteiger partial charge in [0.05, 0.1) is 11.2 Å². The predicted octanol–water partition coefficient (Wildman–Crippen LogP) is 2.12. The van der Waals surface area contributed by atoms with E-state index in [1.54, 1.807) is 12.4 Å². The summed E-state index contributed by atoms with van der Waals surface area (Å²) >= 11 is 0. The summed E-state index contributed by atoms with van der Waals surface area (Å²) in [4.78, 5) is 28.6. The number of piperidine rings is 2. The number of carbonyl (C=O) groups is 1. The van der Waals surface area contributed by atoms with Crippen molar-refractivity contribution >= 4 is 11.7 Å². The molecule has 1 amide bonds. The van der Waals surface area contributed by atoms with Crippen molar-refractivity contribution in [2.75, 3.05) is 45.7 Å². The number of rotatable bonds is 3. The highest BCUT2D eigenvalue weighted by molar-refractivity contribution is 5.86. The summed E-state index contributed by atoms with van der Waals surface area (Å²) in [5, 5.41) is 0. The third-order valence-corrected chi connectivity index (χ3v) is 6.01. The topological polar surface area (TPSA) is 52.6 Å². The standard InChI is InChI=1S/C19H31N5O/c1-19(9-5-6-12-23(19)4)18(25)24-13-7-15(8-14-24)16-17(22(2)3)21-11-10-20-16/h10-11,15H,5-9,12-14H2,1-4H3/t19-/m1/s1. The third kappa shape index (κ3) is 3.50. The Morgan fingerprint density at radius 2 is 1.84 bits per heavy atom. The van der Waals surface area contributed by atoms with Gasteiger partial charge in [-0.05, 0) is 52.6 Å². The van der Waals surface area contributed by atoms with Gasteiger partial charge in [-0.25, -0.2) is 4.98 Å². The predicted molar refractivity (Wildman–Crippen MR) is 99.8 cm³/mol. The van der Waals surface area contributed by atoms with Crippen LogP contribution in [0.2, 0.25) is 0 Å². The van der Waals surface area contributed by atoms with E-state index < -0.39 is 0 Å². The molecule has 2 fully saturated rings. The van der Waals surface area contributed by atoms with E-state index in [2.05, 4.69) is 33.7 Å². The normalized spacial score (nSPS) is 25.8. The number of aromatic nitrogens is 2. The number of nitrogens with zero attached hydrogens (tertiary/aromatic N) is 5. The second-order valence-electron chi connectivity index (χ2n) is 7.88. The lowest BCUT2D eigenvalue weighted by Crippen LogP contribution is -2.59. The molecule has 1 atom stereocenters. The highest BCUT2D eigenvalue weighted by Crippen LogP contribution is 2.34. The molecule has 2 aliphatic rings. The van der Waals surface area contributed by atoms with E-state index in [0.29, 0.717) is 11.8 Å². The van der Waals surface area contributed by atoms with Gasteiger partial charge in [-0.2, -0.15) is 0 Å². The lowest BCUT2D eigenvalue weighted by Gasteiger charge is -2.45. The van der Waals surface area contributed by atoms with Gasteiger partial charge in [-0.1, -0.05) is 0 Å². The zero-order chi connectivity index (χ0) is 18.0. The van der Waals surface area contributed by atoms with Crippen LogP contribution in [0.25, 0.3) is 0 Å². The third-order valence-electron chi connectivity index (χ3n) is 6.01. The van der Waals surface area contributed by atoms with E-state index >= 15 is 0 Å². The van der Waals surface area contributed by atoms with E-state index in [1.807, 2.05) is 19.0 Å². The van der Waals surface area contributed by atoms with Gasteiger partial charge in [0.2, 0.25) is 5.91 Å². The van der Waals surface area contributed by atoms with E-state index in [9.17, 15) is 4.79 Å². The Kier molecular flexibility index (Phi) is 5.27. The minimum Gasteiger partial charge on any atom is -0.361 e. The smallest absolute Gasteiger partial charge is 0.242 e. The first-order valence-electron chi connectivity index (χ1n) is 9.42. The number of likely N-dealkylation sites (tertiary alicyclic amines) is 2. The molecule has 1 aromatic rings. The fourth-order valence-electron chi connectivity index (χ4n) is 4.20. The van der Waals surface area contributed by atoms with E-state index in [0.717, 1.165) is 56.8 Å². The van der Waals surface area contributed by atoms with Crippen LogP contribution in [0.1, 0.15) is 50.6 Å². The molecule has 0 aliphatic carbocycles. The molecule has 0 spiro atoms. The molecule has 0 unspecified atom stereocenters. The van der Waals surface area contributed by atoms with Crippen LogP contribution in [-0.2, 0) is 4.79 Å². The van der Waals surface area contributed by atoms with Crippen molar-refractivity contribution in [1.82, 2.24) is 19.8 Å². The quantitative estimate of drug-likeness (QED) is 0.840. The van der Waals surface area contributed by atoms with Crippen LogP contribution in [0.4, 0.5) is 5.82 Å². The Bertz CT molecular complexity index is 612. The molecular formula is C19H31N5O. The summed E-state index contributed by atoms with van der Waals surface area (Å²) in [6.07, 6.45) is 8.76. The minimum atomic E-state index is -0.327. The van der Waals surface area contributed by atoms with Crippen molar-refractivity contribution in [3.8, 4) is 0 Å². The van der Waals surface area contributed by atoms with E-state index in [1.165, 1.54) is 6.42 Å². The molecule has 0 bridgehead atoms. The Balaban J connectivity index is 1.67. The van der Waals surface area contributed by atoms with Crippen molar-refractivity contribution in [2.45, 2.75) is 50.5 Å². The Morgan fingerprint density at radius 3 is 2.48 bits per heavy atom. The number of amides is 1. The molecule has 2 saturated heterocycles. The SMILES string of the molecule is CN(C)c1nccnc1C1CCN(C(=O)[C@@]2(C)CCCCN2C)CC1. The zero-order valence-corrected chi connectivity index (χ0v) is 16.0. The zero-order valence-electron chi connectivity index (χ0n) is 16.0. The van der Waals surface area contributed by atoms with Crippen molar-refractivity contribution in [2.24, 2.45) is 0 Å². The maximum Gasteiger partial charge on any atom is 0.242 e. The van der Waals surface area contributed by atoms with Gasteiger partial charge >= 0.3 is 0 Å². The van der Waals surface area contributed by atoms with Crippen molar-refractivity contribution in [3.63, 3.8) is 0 Å². The maximum atomic E-state index is 13.2. The van der Waals surface area contributed by atoms with E-state index in [4.69, 9.17) is 0 Å². The molecule has 25 heavy (non-hydrogen) atoms. The molecule has 0 saturated carbocycles. The van der Waals surface area contributed by atoms with Gasteiger partial charge in [0, 0.05) is 45.5 Å². The number of anilines is 1. The van der Waals surface area contributed by atoms with Gasteiger partial charge in [0.1, 0.15) is 5.82 Å². The Morgan fingerprint density at radius 1 is 1.16 bits per heavy atom. The molecule has 0 N–H and O–H groups in total. The molecule has 3 rings (SSSR count). The molecular weight excluding hydrogens is 314 g/mol. The van der Waals surface area contributed by atoms with Crippen LogP contribution >= 0.6 is 0 Å². The summed E-state index contributed by atoms with van der Waals surface area (Å²) in [6, 6.07) is 0. The van der Waals surface area contributed by atoms with Gasteiger partial charge < -0.3 is 9.80 Å². The molecule has 138 valence electrons. The summed E-state index contributed by atoms with van der Waals surface area (Å²) < 4.78 is 0. The average Bonchev–Trinajstić information content (AvgIpc) is 2.63. The molecule has 2 aliphatic heterocycles. The molecule has 6 heteroatoms. The van der Waals surface area contributed by atoms with Gasteiger partial charge in [0.15, 0.2) is 0 Å². The molecule has 6 nitrogen and oxygen atoms in total. The van der Waals surface area contributed by atoms with Gasteiger partial charge in [0.25, 0.3) is 0 Å². The van der Waals surface area contributed by atoms with Crippen LogP contribution in [0.15, 0.2) is 12.4 Å². The molecule has 0 radical (unpaired) electrons. The number of likely N-dealkylation sites (N-methyl/N-ethyl adjacent to an activating group) is 1. The van der Waals surface area contributed by atoms with Crippen LogP contribution < -0.4 is 4.90 Å². The molecule has 3 heterocycles. The monoisotopic (exact) mass is 345 g/mol. The first kappa shape index (κ1) is 18.1. The Labute approximate surface area is 151 Å². The van der Waals surface area contributed by atoms with Gasteiger partial charge in [-0.3, -0.25) is 14.7 Å². The first-order chi connectivity index (χ1) is 11.9. The van der Waals surface area contributed by atoms with E-state index in [-0.39, 0.29) is 5.54 Å². The van der Waals surface area contributed by atoms with Crippen molar-refractivity contribution in [1.29, 1.82) is 0 Å². The first-order valence-corrected chi connectivity index (χ1v) is 9.42. The van der Waals surface area contributed by atoms with Crippen LogP contribution in [0.5, 0.6) is 0 Å². The fraction of sp³-hybridized carbons (Fsp3) is 0.737. The highest BCUT2D eigenvalue weighted by Gasteiger charge is 2.42. The van der Waals surface area contributed by atoms with Crippen LogP contribution in [-0.4, -0.2) is 72.0 Å². The summed E-state index contributed by atoms with van der Waals surface area (Å²) in [5.74, 6) is 1.64. The second kappa shape index (κ2) is 7.28. The van der Waals surface area contributed by atoms with Crippen molar-refractivity contribution in [3.05, 3.63) is 18.1 Å². The second-order valence-corrected chi connectivity index (χ2v) is 7.88. The largest absolute Gasteiger partial charge is 0.361 e. The highest BCUT2D eigenvalue weighted by atomic mass is 16.2. The lowest BCUT2D eigenvalue weighted by molar-refractivity contribution is -0.146. The number of hydrogen-bond donors (Lipinski definition) is 0. The van der Waals surface area contributed by atoms with Crippen LogP contribution in [0.3, 0.4) is 0 Å². The molecule has 1 aromatic heterocycles. The summed E-state index contributed by atoms with van der Waals surface area (Å²) in [5.41, 5.74) is 0.743. The lowest BCUT2D eigenvalue weighted by atomic mass is 9.86. The van der Waals surface area contributed by atoms with Crippen molar-refractivity contribution < 1.29 is 4.79 Å². The summed E-state index contributed by atoms with van der Waals surface area (Å²) in [7, 11) is 6.10. The maximum absolute atomic E-state index is 13.2. The van der Waals surface area contributed by atoms with Crippen LogP contribution in [0, 0.1) is 0 Å². The number of hydrogen-bond acceptors (Lipinski definition) is 5. The minimum absolute atomic E-state index is 0.306. The molecule has 0 aromatic carbocycles. The van der Waals surface area contributed by atoms with Gasteiger partial charge in [-0.15, -0.1) is 0 Å². The Hall–Kier alpha value is -1.69. The number of carbonyl (C=O) groups excluding carboxylic acids is 1. The average molecular weight is 345 g/mol. The fourth-order valence-corrected chi connectivity index (χ4v) is 4.20.